The fourth-order valence-electron chi connectivity index (χ4n) is 3.79. The van der Waals surface area contributed by atoms with E-state index in [1.807, 2.05) is 0 Å². The molecule has 0 radical (unpaired) electrons. The lowest BCUT2D eigenvalue weighted by Gasteiger charge is -2.29. The van der Waals surface area contributed by atoms with E-state index in [0.717, 1.165) is 67.1 Å². The van der Waals surface area contributed by atoms with Crippen LogP contribution in [0.15, 0.2) is 11.4 Å². The van der Waals surface area contributed by atoms with E-state index < -0.39 is 0 Å². The van der Waals surface area contributed by atoms with Crippen LogP contribution in [-0.4, -0.2) is 29.2 Å². The zero-order valence-corrected chi connectivity index (χ0v) is 16.4. The average molecular weight is 410 g/mol. The first-order valence-corrected chi connectivity index (χ1v) is 9.32. The maximum absolute atomic E-state index is 10.7. The van der Waals surface area contributed by atoms with Crippen LogP contribution in [-0.2, 0) is 12.8 Å². The first-order valence-electron chi connectivity index (χ1n) is 8.44. The number of aromatic hydroxyl groups is 1. The Labute approximate surface area is 157 Å². The molecule has 0 bridgehead atoms. The van der Waals surface area contributed by atoms with Gasteiger partial charge in [-0.2, -0.15) is 0 Å². The van der Waals surface area contributed by atoms with Crippen molar-refractivity contribution in [1.29, 1.82) is 0 Å². The zero-order valence-electron chi connectivity index (χ0n) is 13.9. The van der Waals surface area contributed by atoms with E-state index in [-0.39, 0.29) is 17.0 Å². The summed E-state index contributed by atoms with van der Waals surface area (Å²) in [5, 5.41) is 13.8. The molecule has 3 N–H and O–H groups in total. The molecule has 6 heteroatoms. The van der Waals surface area contributed by atoms with Gasteiger partial charge < -0.3 is 15.7 Å². The molecule has 1 aliphatic heterocycles. The third-order valence-electron chi connectivity index (χ3n) is 5.17. The van der Waals surface area contributed by atoms with E-state index in [1.54, 1.807) is 11.3 Å². The number of anilines is 1. The molecule has 1 fully saturated rings. The number of hydrogen-bond donors (Lipinski definition) is 2. The SMILES string of the molecule is Br.Cc1cc(-c2csc(N3CCC(N)CC3)n2)c(O)c2c1CCC2. The second kappa shape index (κ2) is 7.02. The minimum atomic E-state index is 0. The van der Waals surface area contributed by atoms with Crippen LogP contribution in [0.3, 0.4) is 0 Å². The standard InChI is InChI=1S/C18H23N3OS.BrH/c1-11-9-15(17(22)14-4-2-3-13(11)14)16-10-23-18(20-16)21-7-5-12(19)6-8-21;/h9-10,12,22H,2-8,19H2,1H3;1H. The summed E-state index contributed by atoms with van der Waals surface area (Å²) in [4.78, 5) is 7.11. The second-order valence-corrected chi connectivity index (χ2v) is 7.58. The van der Waals surface area contributed by atoms with E-state index >= 15 is 0 Å². The number of aryl methyl sites for hydroxylation is 1. The van der Waals surface area contributed by atoms with Crippen molar-refractivity contribution in [2.24, 2.45) is 5.73 Å². The highest BCUT2D eigenvalue weighted by Crippen LogP contribution is 2.41. The second-order valence-electron chi connectivity index (χ2n) is 6.74. The van der Waals surface area contributed by atoms with Crippen molar-refractivity contribution in [3.63, 3.8) is 0 Å². The van der Waals surface area contributed by atoms with Crippen molar-refractivity contribution in [2.45, 2.75) is 45.1 Å². The summed E-state index contributed by atoms with van der Waals surface area (Å²) in [6, 6.07) is 2.43. The number of hydrogen-bond acceptors (Lipinski definition) is 5. The maximum atomic E-state index is 10.7. The van der Waals surface area contributed by atoms with Gasteiger partial charge in [-0.3, -0.25) is 0 Å². The Kier molecular flexibility index (Phi) is 5.18. The molecule has 4 rings (SSSR count). The first kappa shape index (κ1) is 17.7. The van der Waals surface area contributed by atoms with E-state index in [1.165, 1.54) is 11.1 Å². The van der Waals surface area contributed by atoms with Crippen LogP contribution in [0.2, 0.25) is 0 Å². The molecular formula is C18H24BrN3OS. The number of nitrogens with two attached hydrogens (primary N) is 1. The molecule has 0 atom stereocenters. The van der Waals surface area contributed by atoms with Crippen molar-refractivity contribution in [2.75, 3.05) is 18.0 Å². The molecule has 0 amide bonds. The molecular weight excluding hydrogens is 386 g/mol. The molecule has 1 aromatic heterocycles. The highest BCUT2D eigenvalue weighted by atomic mass is 79.9. The smallest absolute Gasteiger partial charge is 0.185 e. The molecule has 130 valence electrons. The number of rotatable bonds is 2. The highest BCUT2D eigenvalue weighted by Gasteiger charge is 2.23. The van der Waals surface area contributed by atoms with Crippen LogP contribution < -0.4 is 10.6 Å². The lowest BCUT2D eigenvalue weighted by Crippen LogP contribution is -2.39. The van der Waals surface area contributed by atoms with Crippen LogP contribution in [0, 0.1) is 6.92 Å². The number of nitrogens with zero attached hydrogens (tertiary/aromatic N) is 2. The normalized spacial score (nSPS) is 17.7. The summed E-state index contributed by atoms with van der Waals surface area (Å²) < 4.78 is 0. The number of phenolic OH excluding ortho intramolecular Hbond substituents is 1. The summed E-state index contributed by atoms with van der Waals surface area (Å²) in [7, 11) is 0. The molecule has 0 unspecified atom stereocenters. The molecule has 0 saturated carbocycles. The Morgan fingerprint density at radius 1 is 1.25 bits per heavy atom. The van der Waals surface area contributed by atoms with Crippen molar-refractivity contribution < 1.29 is 5.11 Å². The van der Waals surface area contributed by atoms with Crippen molar-refractivity contribution in [1.82, 2.24) is 4.98 Å². The van der Waals surface area contributed by atoms with Crippen LogP contribution in [0.1, 0.15) is 36.0 Å². The van der Waals surface area contributed by atoms with Gasteiger partial charge in [0.25, 0.3) is 0 Å². The fraction of sp³-hybridized carbons (Fsp3) is 0.500. The van der Waals surface area contributed by atoms with Gasteiger partial charge in [-0.05, 0) is 61.8 Å². The van der Waals surface area contributed by atoms with Gasteiger partial charge in [0.1, 0.15) is 5.75 Å². The predicted molar refractivity (Wildman–Crippen MR) is 106 cm³/mol. The van der Waals surface area contributed by atoms with Gasteiger partial charge in [-0.15, -0.1) is 28.3 Å². The third kappa shape index (κ3) is 3.07. The highest BCUT2D eigenvalue weighted by molar-refractivity contribution is 8.93. The molecule has 1 aromatic carbocycles. The fourth-order valence-corrected chi connectivity index (χ4v) is 4.67. The van der Waals surface area contributed by atoms with Crippen LogP contribution in [0.25, 0.3) is 11.3 Å². The Morgan fingerprint density at radius 2 is 1.96 bits per heavy atom. The molecule has 2 heterocycles. The largest absolute Gasteiger partial charge is 0.507 e. The lowest BCUT2D eigenvalue weighted by molar-refractivity contribution is 0.471. The zero-order chi connectivity index (χ0) is 16.0. The van der Waals surface area contributed by atoms with Crippen LogP contribution in [0.4, 0.5) is 5.13 Å². The number of halogens is 1. The van der Waals surface area contributed by atoms with Gasteiger partial charge in [-0.25, -0.2) is 4.98 Å². The van der Waals surface area contributed by atoms with Crippen LogP contribution >= 0.6 is 28.3 Å². The summed E-state index contributed by atoms with van der Waals surface area (Å²) in [6.07, 6.45) is 5.27. The van der Waals surface area contributed by atoms with Gasteiger partial charge in [0.2, 0.25) is 0 Å². The van der Waals surface area contributed by atoms with Crippen molar-refractivity contribution in [3.8, 4) is 17.0 Å². The Bertz CT molecular complexity index is 738. The van der Waals surface area contributed by atoms with Gasteiger partial charge in [-0.1, -0.05) is 0 Å². The maximum Gasteiger partial charge on any atom is 0.185 e. The molecule has 2 aliphatic rings. The quantitative estimate of drug-likeness (QED) is 0.790. The minimum Gasteiger partial charge on any atom is -0.507 e. The molecule has 1 saturated heterocycles. The van der Waals surface area contributed by atoms with E-state index in [2.05, 4.69) is 23.3 Å². The number of piperidine rings is 1. The minimum absolute atomic E-state index is 0. The lowest BCUT2D eigenvalue weighted by atomic mass is 9.98. The number of fused-ring (bicyclic) bond motifs is 1. The molecule has 24 heavy (non-hydrogen) atoms. The first-order chi connectivity index (χ1) is 11.1. The number of thiazole rings is 1. The Morgan fingerprint density at radius 3 is 2.71 bits per heavy atom. The predicted octanol–water partition coefficient (Wildman–Crippen LogP) is 3.82. The molecule has 4 nitrogen and oxygen atoms in total. The van der Waals surface area contributed by atoms with Gasteiger partial charge in [0.15, 0.2) is 5.13 Å². The molecule has 2 aromatic rings. The van der Waals surface area contributed by atoms with Gasteiger partial charge in [0.05, 0.1) is 5.69 Å². The van der Waals surface area contributed by atoms with Crippen LogP contribution in [0.5, 0.6) is 5.75 Å². The Hall–Kier alpha value is -1.11. The monoisotopic (exact) mass is 409 g/mol. The third-order valence-corrected chi connectivity index (χ3v) is 6.08. The number of benzene rings is 1. The van der Waals surface area contributed by atoms with Gasteiger partial charge >= 0.3 is 0 Å². The number of aromatic nitrogens is 1. The summed E-state index contributed by atoms with van der Waals surface area (Å²) >= 11 is 1.66. The molecule has 1 aliphatic carbocycles. The van der Waals surface area contributed by atoms with E-state index in [0.29, 0.717) is 11.8 Å². The van der Waals surface area contributed by atoms with E-state index in [9.17, 15) is 5.11 Å². The van der Waals surface area contributed by atoms with Crippen molar-refractivity contribution in [3.05, 3.63) is 28.1 Å². The topological polar surface area (TPSA) is 62.4 Å². The average Bonchev–Trinajstić information content (AvgIpc) is 3.21. The van der Waals surface area contributed by atoms with Crippen molar-refractivity contribution >= 4 is 33.4 Å². The summed E-state index contributed by atoms with van der Waals surface area (Å²) in [5.74, 6) is 0.445. The van der Waals surface area contributed by atoms with E-state index in [4.69, 9.17) is 10.7 Å². The Balaban J connectivity index is 0.00000169. The molecule has 0 spiro atoms. The van der Waals surface area contributed by atoms with Gasteiger partial charge in [0, 0.05) is 30.1 Å². The summed E-state index contributed by atoms with van der Waals surface area (Å²) in [6.45, 7) is 4.10. The summed E-state index contributed by atoms with van der Waals surface area (Å²) in [5.41, 5.74) is 11.5. The number of phenols is 1.